The van der Waals surface area contributed by atoms with Gasteiger partial charge in [-0.15, -0.1) is 0 Å². The Bertz CT molecular complexity index is 725. The van der Waals surface area contributed by atoms with Crippen molar-refractivity contribution in [3.63, 3.8) is 0 Å². The third kappa shape index (κ3) is 4.62. The van der Waals surface area contributed by atoms with Gasteiger partial charge in [-0.25, -0.2) is 0 Å². The second kappa shape index (κ2) is 6.91. The molecule has 25 heavy (non-hydrogen) atoms. The molecule has 2 aromatic carbocycles. The first kappa shape index (κ1) is 19.0. The Kier molecular flexibility index (Phi) is 5.26. The minimum absolute atomic E-state index is 0.145. The lowest BCUT2D eigenvalue weighted by Gasteiger charge is -2.27. The molecule has 0 heterocycles. The molecule has 3 nitrogen and oxygen atoms in total. The third-order valence-corrected chi connectivity index (χ3v) is 4.18. The van der Waals surface area contributed by atoms with Gasteiger partial charge in [-0.3, -0.25) is 4.99 Å². The summed E-state index contributed by atoms with van der Waals surface area (Å²) in [6.07, 6.45) is 1.85. The second-order valence-corrected chi connectivity index (χ2v) is 8.42. The van der Waals surface area contributed by atoms with Gasteiger partial charge in [-0.1, -0.05) is 41.5 Å². The molecule has 0 radical (unpaired) electrons. The maximum absolute atomic E-state index is 10.8. The van der Waals surface area contributed by atoms with Crippen LogP contribution in [0.4, 0.5) is 5.69 Å². The molecular formula is C22H29NO2. The lowest BCUT2D eigenvalue weighted by molar-refractivity contribution is 0.415. The summed E-state index contributed by atoms with van der Waals surface area (Å²) < 4.78 is 5.17. The predicted octanol–water partition coefficient (Wildman–Crippen LogP) is 5.75. The zero-order valence-corrected chi connectivity index (χ0v) is 16.3. The predicted molar refractivity (Wildman–Crippen MR) is 106 cm³/mol. The molecule has 0 aromatic heterocycles. The minimum atomic E-state index is -0.145. The first-order chi connectivity index (χ1) is 11.5. The van der Waals surface area contributed by atoms with E-state index in [2.05, 4.69) is 46.5 Å². The number of aromatic hydroxyl groups is 1. The average Bonchev–Trinajstić information content (AvgIpc) is 2.52. The highest BCUT2D eigenvalue weighted by Gasteiger charge is 2.26. The van der Waals surface area contributed by atoms with Crippen molar-refractivity contribution in [1.29, 1.82) is 0 Å². The highest BCUT2D eigenvalue weighted by molar-refractivity contribution is 5.83. The van der Waals surface area contributed by atoms with Gasteiger partial charge in [0.2, 0.25) is 0 Å². The number of phenols is 1. The first-order valence-corrected chi connectivity index (χ1v) is 8.58. The second-order valence-electron chi connectivity index (χ2n) is 8.42. The van der Waals surface area contributed by atoms with E-state index in [-0.39, 0.29) is 10.8 Å². The van der Waals surface area contributed by atoms with Gasteiger partial charge in [0.05, 0.1) is 12.8 Å². The van der Waals surface area contributed by atoms with Crippen LogP contribution in [0.25, 0.3) is 0 Å². The Morgan fingerprint density at radius 3 is 1.76 bits per heavy atom. The SMILES string of the molecule is COc1ccc(N=Cc2cc(C(C)(C)C)c(O)c(C(C)(C)C)c2)cc1. The van der Waals surface area contributed by atoms with E-state index < -0.39 is 0 Å². The Balaban J connectivity index is 2.47. The van der Waals surface area contributed by atoms with Gasteiger partial charge >= 0.3 is 0 Å². The summed E-state index contributed by atoms with van der Waals surface area (Å²) in [4.78, 5) is 4.57. The molecule has 0 amide bonds. The maximum atomic E-state index is 10.8. The van der Waals surface area contributed by atoms with Gasteiger partial charge < -0.3 is 9.84 Å². The van der Waals surface area contributed by atoms with Crippen molar-refractivity contribution in [3.8, 4) is 11.5 Å². The van der Waals surface area contributed by atoms with E-state index in [1.165, 1.54) is 0 Å². The molecule has 1 N–H and O–H groups in total. The van der Waals surface area contributed by atoms with Gasteiger partial charge in [-0.05, 0) is 52.8 Å². The number of nitrogens with zero attached hydrogens (tertiary/aromatic N) is 1. The molecule has 0 aliphatic carbocycles. The number of ether oxygens (including phenoxy) is 1. The van der Waals surface area contributed by atoms with Crippen LogP contribution in [0.2, 0.25) is 0 Å². The lowest BCUT2D eigenvalue weighted by Crippen LogP contribution is -2.17. The highest BCUT2D eigenvalue weighted by Crippen LogP contribution is 2.39. The Morgan fingerprint density at radius 1 is 0.880 bits per heavy atom. The van der Waals surface area contributed by atoms with Gasteiger partial charge in [0.15, 0.2) is 0 Å². The van der Waals surface area contributed by atoms with E-state index in [9.17, 15) is 5.11 Å². The zero-order chi connectivity index (χ0) is 18.8. The van der Waals surface area contributed by atoms with Crippen LogP contribution >= 0.6 is 0 Å². The lowest BCUT2D eigenvalue weighted by atomic mass is 9.78. The van der Waals surface area contributed by atoms with Crippen LogP contribution in [0.5, 0.6) is 11.5 Å². The van der Waals surface area contributed by atoms with Crippen molar-refractivity contribution in [3.05, 3.63) is 53.1 Å². The first-order valence-electron chi connectivity index (χ1n) is 8.58. The topological polar surface area (TPSA) is 41.8 Å². The summed E-state index contributed by atoms with van der Waals surface area (Å²) >= 11 is 0. The molecule has 0 bridgehead atoms. The summed E-state index contributed by atoms with van der Waals surface area (Å²) in [7, 11) is 1.65. The molecule has 0 aliphatic rings. The fourth-order valence-corrected chi connectivity index (χ4v) is 2.69. The monoisotopic (exact) mass is 339 g/mol. The van der Waals surface area contributed by atoms with E-state index in [1.807, 2.05) is 42.6 Å². The summed E-state index contributed by atoms with van der Waals surface area (Å²) in [5.74, 6) is 1.20. The van der Waals surface area contributed by atoms with Gasteiger partial charge in [0.1, 0.15) is 11.5 Å². The summed E-state index contributed by atoms with van der Waals surface area (Å²) in [5.41, 5.74) is 3.45. The highest BCUT2D eigenvalue weighted by atomic mass is 16.5. The van der Waals surface area contributed by atoms with Crippen LogP contribution in [0.3, 0.4) is 0 Å². The molecule has 0 aliphatic heterocycles. The molecule has 0 fully saturated rings. The van der Waals surface area contributed by atoms with Crippen molar-refractivity contribution in [2.45, 2.75) is 52.4 Å². The largest absolute Gasteiger partial charge is 0.507 e. The smallest absolute Gasteiger partial charge is 0.123 e. The van der Waals surface area contributed by atoms with E-state index >= 15 is 0 Å². The summed E-state index contributed by atoms with van der Waals surface area (Å²) in [6.45, 7) is 12.7. The number of aliphatic imine (C=N–C) groups is 1. The van der Waals surface area contributed by atoms with Crippen molar-refractivity contribution >= 4 is 11.9 Å². The summed E-state index contributed by atoms with van der Waals surface area (Å²) in [6, 6.07) is 11.7. The Hall–Kier alpha value is -2.29. The quantitative estimate of drug-likeness (QED) is 0.724. The van der Waals surface area contributed by atoms with Gasteiger partial charge in [-0.2, -0.15) is 0 Å². The van der Waals surface area contributed by atoms with Gasteiger partial charge in [0, 0.05) is 17.3 Å². The van der Waals surface area contributed by atoms with E-state index in [0.717, 1.165) is 28.1 Å². The van der Waals surface area contributed by atoms with Crippen LogP contribution in [0, 0.1) is 0 Å². The number of phenolic OH excluding ortho intramolecular Hbond substituents is 1. The third-order valence-electron chi connectivity index (χ3n) is 4.18. The number of hydrogen-bond acceptors (Lipinski definition) is 3. The normalized spacial score (nSPS) is 12.6. The molecule has 0 spiro atoms. The van der Waals surface area contributed by atoms with Crippen molar-refractivity contribution in [2.24, 2.45) is 4.99 Å². The van der Waals surface area contributed by atoms with Crippen LogP contribution in [0.15, 0.2) is 41.4 Å². The van der Waals surface area contributed by atoms with Gasteiger partial charge in [0.25, 0.3) is 0 Å². The Morgan fingerprint density at radius 2 is 1.36 bits per heavy atom. The van der Waals surface area contributed by atoms with Crippen LogP contribution < -0.4 is 4.74 Å². The molecule has 0 saturated heterocycles. The van der Waals surface area contributed by atoms with Crippen molar-refractivity contribution < 1.29 is 9.84 Å². The van der Waals surface area contributed by atoms with E-state index in [4.69, 9.17) is 4.74 Å². The number of benzene rings is 2. The maximum Gasteiger partial charge on any atom is 0.123 e. The minimum Gasteiger partial charge on any atom is -0.507 e. The molecule has 0 atom stereocenters. The van der Waals surface area contributed by atoms with Crippen molar-refractivity contribution in [2.75, 3.05) is 7.11 Å². The molecule has 2 aromatic rings. The zero-order valence-electron chi connectivity index (χ0n) is 16.3. The summed E-state index contributed by atoms with van der Waals surface area (Å²) in [5, 5.41) is 10.8. The van der Waals surface area contributed by atoms with E-state index in [1.54, 1.807) is 7.11 Å². The van der Waals surface area contributed by atoms with Crippen LogP contribution in [-0.2, 0) is 10.8 Å². The molecule has 0 saturated carbocycles. The number of rotatable bonds is 3. The Labute approximate surface area is 151 Å². The fourth-order valence-electron chi connectivity index (χ4n) is 2.69. The van der Waals surface area contributed by atoms with E-state index in [0.29, 0.717) is 5.75 Å². The molecular weight excluding hydrogens is 310 g/mol. The molecule has 0 unspecified atom stereocenters. The number of methoxy groups -OCH3 is 1. The number of hydrogen-bond donors (Lipinski definition) is 1. The fraction of sp³-hybridized carbons (Fsp3) is 0.409. The average molecular weight is 339 g/mol. The standard InChI is InChI=1S/C22H29NO2/c1-21(2,3)18-12-15(13-19(20(18)24)22(4,5)6)14-23-16-8-10-17(25-7)11-9-16/h8-14,24H,1-7H3. The van der Waals surface area contributed by atoms with Crippen LogP contribution in [0.1, 0.15) is 58.2 Å². The van der Waals surface area contributed by atoms with Crippen LogP contribution in [-0.4, -0.2) is 18.4 Å². The molecule has 3 heteroatoms. The molecule has 134 valence electrons. The van der Waals surface area contributed by atoms with Crippen molar-refractivity contribution in [1.82, 2.24) is 0 Å². The molecule has 2 rings (SSSR count).